The van der Waals surface area contributed by atoms with E-state index in [-0.39, 0.29) is 113 Å². The molecule has 2 aliphatic rings. The number of ether oxygens (including phenoxy) is 7. The molecule has 11 atom stereocenters. The van der Waals surface area contributed by atoms with Crippen LogP contribution < -0.4 is 21.3 Å². The van der Waals surface area contributed by atoms with Gasteiger partial charge < -0.3 is 85.1 Å². The van der Waals surface area contributed by atoms with Gasteiger partial charge in [-0.05, 0) is 83.0 Å². The van der Waals surface area contributed by atoms with Crippen molar-refractivity contribution in [2.24, 2.45) is 11.3 Å². The largest absolute Gasteiger partial charge is 0.394 e. The second kappa shape index (κ2) is 47.0. The first kappa shape index (κ1) is 79.1. The highest BCUT2D eigenvalue weighted by Gasteiger charge is 2.46. The third-order valence-corrected chi connectivity index (χ3v) is 15.2. The molecule has 25 nitrogen and oxygen atoms in total. The fraction of sp³-hybridized carbons (Fsp3) is 0.871. The van der Waals surface area contributed by atoms with Crippen LogP contribution in [0, 0.1) is 11.3 Å². The van der Waals surface area contributed by atoms with Crippen molar-refractivity contribution in [2.75, 3.05) is 79.2 Å². The van der Waals surface area contributed by atoms with Crippen LogP contribution in [-0.4, -0.2) is 218 Å². The van der Waals surface area contributed by atoms with Crippen LogP contribution in [0.4, 0.5) is 0 Å². The molecule has 2 aliphatic heterocycles. The molecule has 0 bridgehead atoms. The Labute approximate surface area is 515 Å². The minimum Gasteiger partial charge on any atom is -0.394 e. The first-order chi connectivity index (χ1) is 41.6. The SMILES string of the molecule is CCCCCC(=O)NCCCCC(=O)CCOCC(COCCC(=O)CCCCCC(=O)CCCCO[C@@H]1OC(CO)[C@H](O)[C@H](O)C1NC(C)=O)(COCCC(=O)NCCCCC(=O)CCCCO[C@@H]1OC(CO)[C@H](O)[C@H](O)C1NC(C)=O)CC(C)C. The third kappa shape index (κ3) is 35.3. The van der Waals surface area contributed by atoms with Crippen LogP contribution in [0.1, 0.15) is 195 Å². The molecular formula is C62H110N4O21. The Morgan fingerprint density at radius 1 is 0.448 bits per heavy atom. The molecule has 2 fully saturated rings. The maximum absolute atomic E-state index is 12.9. The number of Topliss-reactive ketones (excluding diaryl/α,β-unsaturated/α-hetero) is 4. The van der Waals surface area contributed by atoms with Crippen molar-refractivity contribution in [3.8, 4) is 0 Å². The van der Waals surface area contributed by atoms with Gasteiger partial charge in [0.2, 0.25) is 23.6 Å². The Kier molecular flexibility index (Phi) is 42.8. The van der Waals surface area contributed by atoms with E-state index in [2.05, 4.69) is 42.0 Å². The number of amides is 4. The van der Waals surface area contributed by atoms with Crippen molar-refractivity contribution in [2.45, 2.75) is 256 Å². The molecule has 2 saturated heterocycles. The Morgan fingerprint density at radius 3 is 1.18 bits per heavy atom. The van der Waals surface area contributed by atoms with E-state index in [1.165, 1.54) is 13.8 Å². The predicted octanol–water partition coefficient (Wildman–Crippen LogP) is 2.88. The van der Waals surface area contributed by atoms with Crippen LogP contribution >= 0.6 is 0 Å². The van der Waals surface area contributed by atoms with E-state index in [0.717, 1.165) is 19.3 Å². The summed E-state index contributed by atoms with van der Waals surface area (Å²) in [7, 11) is 0. The Balaban J connectivity index is 1.78. The summed E-state index contributed by atoms with van der Waals surface area (Å²) in [5, 5.41) is 71.1. The van der Waals surface area contributed by atoms with E-state index < -0.39 is 91.7 Å². The van der Waals surface area contributed by atoms with Gasteiger partial charge in [0.1, 0.15) is 71.8 Å². The Bertz CT molecular complexity index is 1860. The summed E-state index contributed by atoms with van der Waals surface area (Å²) in [4.78, 5) is 99.0. The van der Waals surface area contributed by atoms with E-state index in [9.17, 15) is 69.0 Å². The van der Waals surface area contributed by atoms with Gasteiger partial charge in [-0.25, -0.2) is 0 Å². The molecule has 0 radical (unpaired) electrons. The highest BCUT2D eigenvalue weighted by molar-refractivity contribution is 5.80. The summed E-state index contributed by atoms with van der Waals surface area (Å²) < 4.78 is 41.1. The lowest BCUT2D eigenvalue weighted by molar-refractivity contribution is -0.270. The molecule has 10 N–H and O–H groups in total. The van der Waals surface area contributed by atoms with E-state index in [1.807, 2.05) is 0 Å². The molecule has 2 heterocycles. The highest BCUT2D eigenvalue weighted by atomic mass is 16.7. The van der Waals surface area contributed by atoms with Crippen molar-refractivity contribution in [1.29, 1.82) is 0 Å². The number of unbranched alkanes of at least 4 members (excludes halogenated alkanes) is 8. The number of ketones is 4. The summed E-state index contributed by atoms with van der Waals surface area (Å²) in [6.07, 6.45) is 3.31. The molecule has 4 amide bonds. The molecule has 0 spiro atoms. The lowest BCUT2D eigenvalue weighted by atomic mass is 9.82. The molecule has 0 aliphatic carbocycles. The summed E-state index contributed by atoms with van der Waals surface area (Å²) in [5.74, 6) is -0.619. The number of rotatable bonds is 53. The van der Waals surface area contributed by atoms with Crippen molar-refractivity contribution in [1.82, 2.24) is 21.3 Å². The normalized spacial score (nSPS) is 22.8. The average molecular weight is 1250 g/mol. The summed E-state index contributed by atoms with van der Waals surface area (Å²) >= 11 is 0. The van der Waals surface area contributed by atoms with E-state index in [4.69, 9.17) is 33.2 Å². The minimum absolute atomic E-state index is 0.0367. The van der Waals surface area contributed by atoms with Crippen LogP contribution in [0.2, 0.25) is 0 Å². The minimum atomic E-state index is -1.41. The van der Waals surface area contributed by atoms with Crippen LogP contribution in [0.5, 0.6) is 0 Å². The van der Waals surface area contributed by atoms with Gasteiger partial charge >= 0.3 is 0 Å². The number of carbonyl (C=O) groups is 8. The first-order valence-corrected chi connectivity index (χ1v) is 32.0. The standard InChI is InChI=1S/C62H110N4O21/c1-6-7-9-26-52(75)63-30-17-13-23-49(74)28-35-82-41-62(37-43(2)3,40-81-34-27-48(73)21-11-8-10-20-46(71)24-14-18-32-84-60-54(65-44(4)69)58(79)56(77)50(38-67)86-60)42-83-36-29-53(76)64-31-16-12-22-47(72)25-15-19-33-85-61-55(66-45(5)70)59(80)57(78)51(39-68)87-61/h43,50-51,54-61,67-68,77-80H,6-42H2,1-5H3,(H,63,75)(H,64,76)(H,65,69)(H,66,70)/t50?,51?,54?,55?,56-,57-,58+,59+,60+,61+,62?/m0/s1. The second-order valence-corrected chi connectivity index (χ2v) is 23.8. The summed E-state index contributed by atoms with van der Waals surface area (Å²) in [6, 6.07) is -2.07. The van der Waals surface area contributed by atoms with Crippen LogP contribution in [-0.2, 0) is 71.5 Å². The summed E-state index contributed by atoms with van der Waals surface area (Å²) in [5.41, 5.74) is -0.650. The second-order valence-electron chi connectivity index (χ2n) is 23.8. The molecule has 0 aromatic rings. The average Bonchev–Trinajstić information content (AvgIpc) is 3.30. The van der Waals surface area contributed by atoms with E-state index in [0.29, 0.717) is 135 Å². The first-order valence-electron chi connectivity index (χ1n) is 32.0. The zero-order valence-corrected chi connectivity index (χ0v) is 52.8. The van der Waals surface area contributed by atoms with Crippen LogP contribution in [0.25, 0.3) is 0 Å². The number of hydrogen-bond acceptors (Lipinski definition) is 21. The maximum Gasteiger partial charge on any atom is 0.222 e. The fourth-order valence-electron chi connectivity index (χ4n) is 10.4. The van der Waals surface area contributed by atoms with Crippen molar-refractivity contribution in [3.63, 3.8) is 0 Å². The molecule has 25 heteroatoms. The lowest BCUT2D eigenvalue weighted by Gasteiger charge is -2.42. The molecule has 504 valence electrons. The molecule has 0 saturated carbocycles. The number of hydrogen-bond donors (Lipinski definition) is 10. The molecule has 87 heavy (non-hydrogen) atoms. The smallest absolute Gasteiger partial charge is 0.222 e. The molecule has 5 unspecified atom stereocenters. The third-order valence-electron chi connectivity index (χ3n) is 15.2. The number of nitrogens with one attached hydrogen (secondary N) is 4. The maximum atomic E-state index is 12.9. The highest BCUT2D eigenvalue weighted by Crippen LogP contribution is 2.30. The van der Waals surface area contributed by atoms with Gasteiger partial charge in [-0.1, -0.05) is 40.0 Å². The van der Waals surface area contributed by atoms with Gasteiger partial charge in [0.25, 0.3) is 0 Å². The van der Waals surface area contributed by atoms with Crippen LogP contribution in [0.3, 0.4) is 0 Å². The van der Waals surface area contributed by atoms with Gasteiger partial charge in [-0.15, -0.1) is 0 Å². The van der Waals surface area contributed by atoms with Crippen molar-refractivity contribution < 1.29 is 102 Å². The van der Waals surface area contributed by atoms with Crippen LogP contribution in [0.15, 0.2) is 0 Å². The molecule has 0 aromatic heterocycles. The number of carbonyl (C=O) groups excluding carboxylic acids is 8. The zero-order valence-electron chi connectivity index (χ0n) is 52.8. The number of aliphatic hydroxyl groups excluding tert-OH is 6. The summed E-state index contributed by atoms with van der Waals surface area (Å²) in [6.45, 7) is 10.0. The lowest BCUT2D eigenvalue weighted by Crippen LogP contribution is -2.64. The quantitative estimate of drug-likeness (QED) is 0.0391. The molecule has 0 aromatic carbocycles. The topological polar surface area (TPSA) is 371 Å². The predicted molar refractivity (Wildman–Crippen MR) is 320 cm³/mol. The van der Waals surface area contributed by atoms with Gasteiger partial charge in [0.15, 0.2) is 12.6 Å². The fourth-order valence-corrected chi connectivity index (χ4v) is 10.4. The van der Waals surface area contributed by atoms with Gasteiger partial charge in [-0.3, -0.25) is 38.4 Å². The van der Waals surface area contributed by atoms with Gasteiger partial charge in [0, 0.05) is 110 Å². The monoisotopic (exact) mass is 1250 g/mol. The Morgan fingerprint density at radius 2 is 0.805 bits per heavy atom. The van der Waals surface area contributed by atoms with Gasteiger partial charge in [0.05, 0.1) is 52.9 Å². The Hall–Kier alpha value is -3.96. The van der Waals surface area contributed by atoms with Crippen molar-refractivity contribution in [3.05, 3.63) is 0 Å². The van der Waals surface area contributed by atoms with Gasteiger partial charge in [-0.2, -0.15) is 0 Å². The van der Waals surface area contributed by atoms with Crippen molar-refractivity contribution >= 4 is 46.8 Å². The molecular weight excluding hydrogens is 1140 g/mol. The van der Waals surface area contributed by atoms with E-state index in [1.54, 1.807) is 0 Å². The zero-order chi connectivity index (χ0) is 64.4. The number of aliphatic hydroxyl groups is 6. The van der Waals surface area contributed by atoms with E-state index >= 15 is 0 Å². The molecule has 2 rings (SSSR count).